The van der Waals surface area contributed by atoms with Gasteiger partial charge in [0.15, 0.2) is 0 Å². The normalized spacial score (nSPS) is 21.3. The maximum atomic E-state index is 13.1. The number of alkyl halides is 2. The Labute approximate surface area is 190 Å². The zero-order chi connectivity index (χ0) is 22.4. The summed E-state index contributed by atoms with van der Waals surface area (Å²) in [5.41, 5.74) is 3.03. The highest BCUT2D eigenvalue weighted by atomic mass is 79.9. The maximum absolute atomic E-state index is 13.1. The molecular formula is C24H28BrF2N3O. The van der Waals surface area contributed by atoms with Crippen molar-refractivity contribution in [3.8, 4) is 5.75 Å². The van der Waals surface area contributed by atoms with Crippen molar-refractivity contribution in [3.05, 3.63) is 46.9 Å². The number of imidazole rings is 1. The quantitative estimate of drug-likeness (QED) is 0.393. The van der Waals surface area contributed by atoms with Gasteiger partial charge in [-0.3, -0.25) is 0 Å². The maximum Gasteiger partial charge on any atom is 0.394 e. The second-order valence-electron chi connectivity index (χ2n) is 9.56. The van der Waals surface area contributed by atoms with Gasteiger partial charge in [0.1, 0.15) is 5.75 Å². The number of ether oxygens (including phenoxy) is 1. The first-order chi connectivity index (χ1) is 14.5. The van der Waals surface area contributed by atoms with Crippen molar-refractivity contribution in [2.75, 3.05) is 5.32 Å². The lowest BCUT2D eigenvalue weighted by Gasteiger charge is -2.40. The molecule has 4 nitrogen and oxygen atoms in total. The third-order valence-corrected chi connectivity index (χ3v) is 6.28. The summed E-state index contributed by atoms with van der Waals surface area (Å²) in [6.07, 6.45) is 0.179. The predicted octanol–water partition coefficient (Wildman–Crippen LogP) is 7.92. The highest BCUT2D eigenvalue weighted by Crippen LogP contribution is 2.46. The van der Waals surface area contributed by atoms with Crippen LogP contribution < -0.4 is 10.1 Å². The summed E-state index contributed by atoms with van der Waals surface area (Å²) >= 11 is 3.54. The van der Waals surface area contributed by atoms with E-state index in [1.165, 1.54) is 18.6 Å². The fourth-order valence-corrected chi connectivity index (χ4v) is 5.31. The van der Waals surface area contributed by atoms with Crippen LogP contribution in [0.4, 0.5) is 20.4 Å². The van der Waals surface area contributed by atoms with Gasteiger partial charge in [0.2, 0.25) is 5.95 Å². The summed E-state index contributed by atoms with van der Waals surface area (Å²) in [6.45, 7) is 7.71. The molecule has 1 N–H and O–H groups in total. The van der Waals surface area contributed by atoms with Gasteiger partial charge >= 0.3 is 6.11 Å². The van der Waals surface area contributed by atoms with E-state index in [9.17, 15) is 8.78 Å². The summed E-state index contributed by atoms with van der Waals surface area (Å²) in [7, 11) is 0. The molecule has 0 spiro atoms. The van der Waals surface area contributed by atoms with Crippen LogP contribution >= 0.6 is 15.9 Å². The van der Waals surface area contributed by atoms with Gasteiger partial charge in [-0.25, -0.2) is 4.98 Å². The van der Waals surface area contributed by atoms with Crippen molar-refractivity contribution in [2.24, 2.45) is 11.3 Å². The number of benzene rings is 2. The minimum Gasteiger partial charge on any atom is -0.433 e. The Morgan fingerprint density at radius 3 is 2.52 bits per heavy atom. The molecule has 4 rings (SSSR count). The van der Waals surface area contributed by atoms with Crippen LogP contribution in [0.5, 0.6) is 5.75 Å². The number of halogens is 3. The highest BCUT2D eigenvalue weighted by Gasteiger charge is 2.34. The molecule has 1 heterocycles. The Hall–Kier alpha value is -2.15. The van der Waals surface area contributed by atoms with Crippen LogP contribution in [0.15, 0.2) is 46.9 Å². The number of aromatic nitrogens is 2. The summed E-state index contributed by atoms with van der Waals surface area (Å²) < 4.78 is 34.1. The van der Waals surface area contributed by atoms with Gasteiger partial charge in [-0.2, -0.15) is 8.78 Å². The Bertz CT molecular complexity index is 1070. The number of hydrogen-bond donors (Lipinski definition) is 1. The number of hydrogen-bond acceptors (Lipinski definition) is 3. The van der Waals surface area contributed by atoms with E-state index in [2.05, 4.69) is 57.4 Å². The average molecular weight is 492 g/mol. The Morgan fingerprint density at radius 1 is 1.16 bits per heavy atom. The van der Waals surface area contributed by atoms with Crippen molar-refractivity contribution in [2.45, 2.75) is 59.1 Å². The third kappa shape index (κ3) is 5.20. The zero-order valence-electron chi connectivity index (χ0n) is 18.3. The first-order valence-corrected chi connectivity index (χ1v) is 11.4. The van der Waals surface area contributed by atoms with Crippen LogP contribution in [0.25, 0.3) is 11.0 Å². The lowest BCUT2D eigenvalue weighted by atomic mass is 9.70. The number of nitrogens with one attached hydrogen (secondary N) is 1. The molecule has 2 aromatic carbocycles. The van der Waals surface area contributed by atoms with Crippen LogP contribution in [0.2, 0.25) is 0 Å². The number of fused-ring (bicyclic) bond motifs is 1. The minimum atomic E-state index is -3.21. The summed E-state index contributed by atoms with van der Waals surface area (Å²) in [4.78, 5) is 4.87. The minimum absolute atomic E-state index is 0.123. The molecule has 31 heavy (non-hydrogen) atoms. The second-order valence-corrected chi connectivity index (χ2v) is 10.5. The standard InChI is InChI=1S/C24H28BrF2N3O/c1-15-11-18(14-23(2,3)13-15)30-21-10-5-16(25)12-20(21)29-22(30)28-17-6-8-19(9-7-17)31-24(4,26)27/h5-10,12,15,18H,11,13-14H2,1-4H3,(H,28,29)/t15-,18+/m1/s1. The number of nitrogens with zero attached hydrogens (tertiary/aromatic N) is 2. The largest absolute Gasteiger partial charge is 0.433 e. The van der Waals surface area contributed by atoms with Crippen molar-refractivity contribution in [3.63, 3.8) is 0 Å². The third-order valence-electron chi connectivity index (χ3n) is 5.79. The molecule has 3 aromatic rings. The van der Waals surface area contributed by atoms with Gasteiger partial charge < -0.3 is 14.6 Å². The Morgan fingerprint density at radius 2 is 1.87 bits per heavy atom. The molecule has 0 amide bonds. The molecular weight excluding hydrogens is 464 g/mol. The molecule has 0 bridgehead atoms. The molecule has 0 aliphatic heterocycles. The lowest BCUT2D eigenvalue weighted by molar-refractivity contribution is -0.158. The van der Waals surface area contributed by atoms with Gasteiger partial charge in [0, 0.05) is 23.1 Å². The van der Waals surface area contributed by atoms with Crippen molar-refractivity contribution < 1.29 is 13.5 Å². The Kier molecular flexibility index (Phi) is 5.75. The number of rotatable bonds is 5. The Balaban J connectivity index is 1.70. The van der Waals surface area contributed by atoms with Gasteiger partial charge in [-0.05, 0) is 73.1 Å². The van der Waals surface area contributed by atoms with Crippen molar-refractivity contribution in [1.82, 2.24) is 9.55 Å². The van der Waals surface area contributed by atoms with E-state index >= 15 is 0 Å². The van der Waals surface area contributed by atoms with E-state index in [0.717, 1.165) is 46.9 Å². The lowest BCUT2D eigenvalue weighted by Crippen LogP contribution is -2.29. The molecule has 1 aliphatic rings. The van der Waals surface area contributed by atoms with Gasteiger partial charge in [-0.1, -0.05) is 36.7 Å². The molecule has 2 atom stereocenters. The van der Waals surface area contributed by atoms with Gasteiger partial charge in [0.05, 0.1) is 11.0 Å². The molecule has 0 radical (unpaired) electrons. The molecule has 1 saturated carbocycles. The van der Waals surface area contributed by atoms with Crippen molar-refractivity contribution >= 4 is 38.6 Å². The van der Waals surface area contributed by atoms with E-state index < -0.39 is 6.11 Å². The van der Waals surface area contributed by atoms with Crippen molar-refractivity contribution in [1.29, 1.82) is 0 Å². The monoisotopic (exact) mass is 491 g/mol. The molecule has 0 saturated heterocycles. The summed E-state index contributed by atoms with van der Waals surface area (Å²) in [5.74, 6) is 1.51. The van der Waals surface area contributed by atoms with E-state index in [0.29, 0.717) is 12.0 Å². The van der Waals surface area contributed by atoms with Crippen LogP contribution in [0.1, 0.15) is 53.0 Å². The molecule has 1 aliphatic carbocycles. The van der Waals surface area contributed by atoms with Crippen LogP contribution in [0, 0.1) is 11.3 Å². The molecule has 1 fully saturated rings. The first-order valence-electron chi connectivity index (χ1n) is 10.6. The topological polar surface area (TPSA) is 39.1 Å². The van der Waals surface area contributed by atoms with E-state index in [1.54, 1.807) is 12.1 Å². The van der Waals surface area contributed by atoms with Crippen LogP contribution in [0.3, 0.4) is 0 Å². The molecule has 166 valence electrons. The molecule has 7 heteroatoms. The van der Waals surface area contributed by atoms with E-state index in [-0.39, 0.29) is 11.2 Å². The second kappa shape index (κ2) is 8.08. The zero-order valence-corrected chi connectivity index (χ0v) is 19.8. The average Bonchev–Trinajstić information content (AvgIpc) is 2.97. The van der Waals surface area contributed by atoms with Gasteiger partial charge in [0.25, 0.3) is 0 Å². The van der Waals surface area contributed by atoms with Crippen LogP contribution in [-0.4, -0.2) is 15.7 Å². The van der Waals surface area contributed by atoms with Crippen LogP contribution in [-0.2, 0) is 0 Å². The number of anilines is 2. The highest BCUT2D eigenvalue weighted by molar-refractivity contribution is 9.10. The van der Waals surface area contributed by atoms with E-state index in [1.807, 2.05) is 12.1 Å². The smallest absolute Gasteiger partial charge is 0.394 e. The summed E-state index contributed by atoms with van der Waals surface area (Å²) in [5, 5.41) is 3.40. The fraction of sp³-hybridized carbons (Fsp3) is 0.458. The predicted molar refractivity (Wildman–Crippen MR) is 124 cm³/mol. The SMILES string of the molecule is C[C@@H]1C[C@H](n2c(Nc3ccc(OC(C)(F)F)cc3)nc3cc(Br)ccc32)CC(C)(C)C1. The molecule has 0 unspecified atom stereocenters. The molecule has 1 aromatic heterocycles. The van der Waals surface area contributed by atoms with E-state index in [4.69, 9.17) is 4.98 Å². The van der Waals surface area contributed by atoms with Gasteiger partial charge in [-0.15, -0.1) is 0 Å². The fourth-order valence-electron chi connectivity index (χ4n) is 4.96. The first kappa shape index (κ1) is 22.1. The summed E-state index contributed by atoms with van der Waals surface area (Å²) in [6, 6.07) is 13.0.